The summed E-state index contributed by atoms with van der Waals surface area (Å²) in [6.45, 7) is 0. The van der Waals surface area contributed by atoms with E-state index in [1.807, 2.05) is 0 Å². The topological polar surface area (TPSA) is 104 Å². The maximum absolute atomic E-state index is 13.5. The first-order chi connectivity index (χ1) is 15.2. The van der Waals surface area contributed by atoms with Crippen molar-refractivity contribution in [3.8, 4) is 11.9 Å². The zero-order valence-electron chi connectivity index (χ0n) is 16.8. The first-order valence-electron chi connectivity index (χ1n) is 9.94. The molecule has 1 saturated carbocycles. The van der Waals surface area contributed by atoms with Crippen molar-refractivity contribution in [1.29, 1.82) is 5.26 Å². The number of nitrogens with one attached hydrogen (secondary N) is 1. The number of aliphatic hydroxyl groups excluding tert-OH is 1. The number of fused-ring (bicyclic) bond motifs is 5. The number of aromatic nitrogens is 1. The van der Waals surface area contributed by atoms with Crippen LogP contribution in [-0.2, 0) is 21.1 Å². The molecule has 2 N–H and O–H groups in total. The molecule has 2 saturated heterocycles. The van der Waals surface area contributed by atoms with Gasteiger partial charge in [-0.25, -0.2) is 4.98 Å². The Morgan fingerprint density at radius 3 is 2.84 bits per heavy atom. The number of nitrogens with zero attached hydrogens (tertiary/aromatic N) is 2. The highest BCUT2D eigenvalue weighted by molar-refractivity contribution is 6.01. The molecule has 1 aliphatic carbocycles. The number of methoxy groups -OCH3 is 1. The molecule has 5 rings (SSSR count). The van der Waals surface area contributed by atoms with Crippen molar-refractivity contribution in [1.82, 2.24) is 4.98 Å². The molecule has 5 unspecified atom stereocenters. The highest BCUT2D eigenvalue weighted by Gasteiger charge is 2.87. The Kier molecular flexibility index (Phi) is 4.32. The molecule has 1 aromatic carbocycles. The molecule has 166 valence electrons. The number of halogens is 3. The molecular weight excluding hydrogens is 427 g/mol. The Morgan fingerprint density at radius 2 is 2.16 bits per heavy atom. The van der Waals surface area contributed by atoms with Crippen LogP contribution >= 0.6 is 0 Å². The molecule has 3 aliphatic rings. The van der Waals surface area contributed by atoms with Crippen molar-refractivity contribution < 1.29 is 32.5 Å². The molecule has 7 nitrogen and oxygen atoms in total. The van der Waals surface area contributed by atoms with Gasteiger partial charge in [-0.3, -0.25) is 4.79 Å². The maximum atomic E-state index is 13.5. The van der Waals surface area contributed by atoms with Crippen LogP contribution in [0.5, 0.6) is 5.88 Å². The highest BCUT2D eigenvalue weighted by Crippen LogP contribution is 2.77. The van der Waals surface area contributed by atoms with Crippen LogP contribution in [-0.4, -0.2) is 41.4 Å². The van der Waals surface area contributed by atoms with Crippen LogP contribution in [0.15, 0.2) is 36.5 Å². The Labute approximate surface area is 180 Å². The number of hydrogen-bond acceptors (Lipinski definition) is 6. The Bertz CT molecular complexity index is 1160. The molecule has 1 aromatic heterocycles. The normalized spacial score (nSPS) is 32.2. The van der Waals surface area contributed by atoms with E-state index in [4.69, 9.17) is 14.7 Å². The van der Waals surface area contributed by atoms with E-state index in [9.17, 15) is 23.1 Å². The molecule has 3 heterocycles. The van der Waals surface area contributed by atoms with E-state index >= 15 is 0 Å². The summed E-state index contributed by atoms with van der Waals surface area (Å²) in [5.41, 5.74) is -2.83. The number of amides is 1. The first-order valence-corrected chi connectivity index (χ1v) is 9.94. The molecule has 1 amide bonds. The van der Waals surface area contributed by atoms with E-state index in [0.29, 0.717) is 12.3 Å². The van der Waals surface area contributed by atoms with Gasteiger partial charge in [-0.05, 0) is 36.2 Å². The van der Waals surface area contributed by atoms with Gasteiger partial charge >= 0.3 is 6.18 Å². The third-order valence-electron chi connectivity index (χ3n) is 6.95. The number of benzene rings is 1. The number of nitriles is 1. The third-order valence-corrected chi connectivity index (χ3v) is 6.95. The fraction of sp³-hybridized carbons (Fsp3) is 0.409. The minimum absolute atomic E-state index is 0.0628. The van der Waals surface area contributed by atoms with Gasteiger partial charge in [0.2, 0.25) is 11.8 Å². The molecule has 2 bridgehead atoms. The van der Waals surface area contributed by atoms with Crippen LogP contribution in [0.4, 0.5) is 18.9 Å². The number of rotatable bonds is 4. The molecule has 2 aromatic rings. The number of anilines is 1. The first kappa shape index (κ1) is 20.7. The SMILES string of the molecule is COc1cc(C23CC2(C(=O)Nc2ccc(C#N)c(C(F)(F)F)c2)C2CC(O)C3O2)ccn1. The van der Waals surface area contributed by atoms with Crippen LogP contribution in [0.25, 0.3) is 0 Å². The second-order valence-corrected chi connectivity index (χ2v) is 8.38. The molecule has 5 atom stereocenters. The smallest absolute Gasteiger partial charge is 0.417 e. The van der Waals surface area contributed by atoms with E-state index in [0.717, 1.165) is 17.7 Å². The van der Waals surface area contributed by atoms with Crippen molar-refractivity contribution in [2.24, 2.45) is 5.41 Å². The molecule has 32 heavy (non-hydrogen) atoms. The number of alkyl halides is 3. The van der Waals surface area contributed by atoms with Gasteiger partial charge in [0.15, 0.2) is 0 Å². The van der Waals surface area contributed by atoms with E-state index in [-0.39, 0.29) is 12.1 Å². The van der Waals surface area contributed by atoms with Crippen molar-refractivity contribution in [2.45, 2.75) is 42.7 Å². The molecule has 0 spiro atoms. The lowest BCUT2D eigenvalue weighted by Crippen LogP contribution is -2.44. The van der Waals surface area contributed by atoms with Gasteiger partial charge in [-0.2, -0.15) is 18.4 Å². The fourth-order valence-corrected chi connectivity index (χ4v) is 5.53. The summed E-state index contributed by atoms with van der Waals surface area (Å²) in [5, 5.41) is 22.1. The van der Waals surface area contributed by atoms with E-state index < -0.39 is 52.4 Å². The average Bonchev–Trinajstić information content (AvgIpc) is 3.26. The molecule has 0 radical (unpaired) electrons. The van der Waals surface area contributed by atoms with E-state index in [2.05, 4.69) is 10.3 Å². The summed E-state index contributed by atoms with van der Waals surface area (Å²) >= 11 is 0. The predicted octanol–water partition coefficient (Wildman–Crippen LogP) is 2.78. The predicted molar refractivity (Wildman–Crippen MR) is 104 cm³/mol. The number of carbonyl (C=O) groups is 1. The number of hydrogen-bond donors (Lipinski definition) is 2. The van der Waals surface area contributed by atoms with Gasteiger partial charge in [0.25, 0.3) is 0 Å². The highest BCUT2D eigenvalue weighted by atomic mass is 19.4. The third kappa shape index (κ3) is 2.61. The average molecular weight is 445 g/mol. The summed E-state index contributed by atoms with van der Waals surface area (Å²) < 4.78 is 51.1. The van der Waals surface area contributed by atoms with Crippen LogP contribution in [0.1, 0.15) is 29.5 Å². The summed E-state index contributed by atoms with van der Waals surface area (Å²) in [5.74, 6) is -0.136. The van der Waals surface area contributed by atoms with Crippen molar-refractivity contribution in [2.75, 3.05) is 12.4 Å². The zero-order chi connectivity index (χ0) is 22.9. The Hall–Kier alpha value is -3.16. The maximum Gasteiger partial charge on any atom is 0.417 e. The summed E-state index contributed by atoms with van der Waals surface area (Å²) in [6.07, 6.45) is -4.48. The van der Waals surface area contributed by atoms with Crippen molar-refractivity contribution in [3.05, 3.63) is 53.2 Å². The minimum atomic E-state index is -4.74. The molecule has 10 heteroatoms. The van der Waals surface area contributed by atoms with Crippen molar-refractivity contribution >= 4 is 11.6 Å². The quantitative estimate of drug-likeness (QED) is 0.750. The van der Waals surface area contributed by atoms with Gasteiger partial charge in [0.05, 0.1) is 48.0 Å². The fourth-order valence-electron chi connectivity index (χ4n) is 5.53. The van der Waals surface area contributed by atoms with Gasteiger partial charge in [-0.1, -0.05) is 0 Å². The molecule has 3 fully saturated rings. The standard InChI is InChI=1S/C22H18F3N3O4/c1-31-17-6-12(4-5-27-17)20-10-21(20,16-8-15(29)18(20)32-16)19(30)28-13-3-2-11(9-26)14(7-13)22(23,24)25/h2-7,15-16,18,29H,8,10H2,1H3,(H,28,30). The van der Waals surface area contributed by atoms with Gasteiger partial charge < -0.3 is 19.9 Å². The lowest BCUT2D eigenvalue weighted by atomic mass is 9.74. The minimum Gasteiger partial charge on any atom is -0.481 e. The number of aliphatic hydroxyl groups is 1. The monoisotopic (exact) mass is 445 g/mol. The van der Waals surface area contributed by atoms with Crippen LogP contribution in [0.2, 0.25) is 0 Å². The zero-order valence-corrected chi connectivity index (χ0v) is 16.8. The van der Waals surface area contributed by atoms with Crippen LogP contribution < -0.4 is 10.1 Å². The van der Waals surface area contributed by atoms with Crippen LogP contribution in [0, 0.1) is 16.7 Å². The lowest BCUT2D eigenvalue weighted by Gasteiger charge is -2.29. The lowest BCUT2D eigenvalue weighted by molar-refractivity contribution is -0.137. The van der Waals surface area contributed by atoms with E-state index in [1.54, 1.807) is 18.3 Å². The van der Waals surface area contributed by atoms with Gasteiger partial charge in [0.1, 0.15) is 0 Å². The number of pyridine rings is 1. The van der Waals surface area contributed by atoms with Gasteiger partial charge in [-0.15, -0.1) is 0 Å². The molecular formula is C22H18F3N3O4. The second kappa shape index (κ2) is 6.67. The number of carbonyl (C=O) groups excluding carboxylic acids is 1. The number of ether oxygens (including phenoxy) is 2. The second-order valence-electron chi connectivity index (χ2n) is 8.38. The summed E-state index contributed by atoms with van der Waals surface area (Å²) in [4.78, 5) is 17.5. The van der Waals surface area contributed by atoms with Crippen LogP contribution in [0.3, 0.4) is 0 Å². The Balaban J connectivity index is 1.51. The van der Waals surface area contributed by atoms with Crippen molar-refractivity contribution in [3.63, 3.8) is 0 Å². The van der Waals surface area contributed by atoms with Gasteiger partial charge in [0, 0.05) is 29.8 Å². The Morgan fingerprint density at radius 1 is 1.38 bits per heavy atom. The summed E-state index contributed by atoms with van der Waals surface area (Å²) in [7, 11) is 1.46. The largest absolute Gasteiger partial charge is 0.481 e. The van der Waals surface area contributed by atoms with E-state index in [1.165, 1.54) is 19.2 Å². The molecule has 2 aliphatic heterocycles. The summed E-state index contributed by atoms with van der Waals surface area (Å²) in [6, 6.07) is 8.00.